The molecule has 0 amide bonds. The Morgan fingerprint density at radius 2 is 2.19 bits per heavy atom. The van der Waals surface area contributed by atoms with Gasteiger partial charge < -0.3 is 5.11 Å². The van der Waals surface area contributed by atoms with E-state index in [0.717, 1.165) is 30.1 Å². The number of aliphatic hydroxyl groups excluding tert-OH is 1. The third-order valence-electron chi connectivity index (χ3n) is 3.63. The zero-order valence-electron chi connectivity index (χ0n) is 9.99. The zero-order chi connectivity index (χ0) is 11.3. The van der Waals surface area contributed by atoms with Crippen LogP contribution >= 0.6 is 11.3 Å². The van der Waals surface area contributed by atoms with Crippen molar-refractivity contribution >= 4 is 11.3 Å². The second kappa shape index (κ2) is 3.54. The lowest BCUT2D eigenvalue weighted by molar-refractivity contribution is 0.102. The standard InChI is InChI=1S/C13H19NOS/c1-13(2)6-9-12(10(15)7-13)16-11(14-9)5-8-3-4-8/h8,10,15H,3-7H2,1-2H3. The second-order valence-corrected chi connectivity index (χ2v) is 7.24. The summed E-state index contributed by atoms with van der Waals surface area (Å²) in [4.78, 5) is 5.88. The number of rotatable bonds is 2. The molecule has 0 radical (unpaired) electrons. The number of hydrogen-bond acceptors (Lipinski definition) is 3. The van der Waals surface area contributed by atoms with Crippen molar-refractivity contribution in [1.82, 2.24) is 4.98 Å². The first-order valence-electron chi connectivity index (χ1n) is 6.20. The Kier molecular flexibility index (Phi) is 2.37. The lowest BCUT2D eigenvalue weighted by Crippen LogP contribution is -2.24. The van der Waals surface area contributed by atoms with Crippen molar-refractivity contribution in [3.63, 3.8) is 0 Å². The Labute approximate surface area is 101 Å². The molecule has 0 spiro atoms. The highest BCUT2D eigenvalue weighted by molar-refractivity contribution is 7.11. The number of hydrogen-bond donors (Lipinski definition) is 1. The minimum absolute atomic E-state index is 0.206. The number of aliphatic hydroxyl groups is 1. The molecule has 1 heterocycles. The summed E-state index contributed by atoms with van der Waals surface area (Å²) >= 11 is 1.75. The molecule has 2 nitrogen and oxygen atoms in total. The monoisotopic (exact) mass is 237 g/mol. The molecule has 1 unspecified atom stereocenters. The van der Waals surface area contributed by atoms with Gasteiger partial charge in [0.25, 0.3) is 0 Å². The van der Waals surface area contributed by atoms with Crippen LogP contribution in [-0.2, 0) is 12.8 Å². The Bertz CT molecular complexity index is 406. The first kappa shape index (κ1) is 10.7. The van der Waals surface area contributed by atoms with Crippen molar-refractivity contribution in [3.8, 4) is 0 Å². The van der Waals surface area contributed by atoms with Crippen molar-refractivity contribution in [1.29, 1.82) is 0 Å². The highest BCUT2D eigenvalue weighted by Gasteiger charge is 2.34. The Balaban J connectivity index is 1.87. The van der Waals surface area contributed by atoms with E-state index >= 15 is 0 Å². The van der Waals surface area contributed by atoms with E-state index in [2.05, 4.69) is 13.8 Å². The van der Waals surface area contributed by atoms with Crippen LogP contribution in [0.4, 0.5) is 0 Å². The van der Waals surface area contributed by atoms with Crippen molar-refractivity contribution in [2.24, 2.45) is 11.3 Å². The summed E-state index contributed by atoms with van der Waals surface area (Å²) < 4.78 is 0. The van der Waals surface area contributed by atoms with Crippen molar-refractivity contribution < 1.29 is 5.11 Å². The summed E-state index contributed by atoms with van der Waals surface area (Å²) in [6, 6.07) is 0. The number of nitrogens with zero attached hydrogens (tertiary/aromatic N) is 1. The van der Waals surface area contributed by atoms with Gasteiger partial charge >= 0.3 is 0 Å². The molecule has 3 heteroatoms. The van der Waals surface area contributed by atoms with E-state index < -0.39 is 0 Å². The highest BCUT2D eigenvalue weighted by Crippen LogP contribution is 2.44. The van der Waals surface area contributed by atoms with E-state index in [1.807, 2.05) is 0 Å². The Morgan fingerprint density at radius 3 is 2.88 bits per heavy atom. The van der Waals surface area contributed by atoms with Gasteiger partial charge in [0.05, 0.1) is 21.7 Å². The average Bonchev–Trinajstić information content (AvgIpc) is 2.84. The molecule has 0 bridgehead atoms. The molecule has 1 aromatic heterocycles. The first-order chi connectivity index (χ1) is 7.53. The summed E-state index contributed by atoms with van der Waals surface area (Å²) in [6.07, 6.45) is 5.52. The van der Waals surface area contributed by atoms with Crippen LogP contribution in [0.3, 0.4) is 0 Å². The SMILES string of the molecule is CC1(C)Cc2nc(CC3CC3)sc2C(O)C1. The van der Waals surface area contributed by atoms with Gasteiger partial charge in [0.2, 0.25) is 0 Å². The molecule has 1 N–H and O–H groups in total. The maximum atomic E-state index is 10.1. The summed E-state index contributed by atoms with van der Waals surface area (Å²) in [7, 11) is 0. The van der Waals surface area contributed by atoms with Gasteiger partial charge in [-0.2, -0.15) is 0 Å². The van der Waals surface area contributed by atoms with Crippen LogP contribution in [-0.4, -0.2) is 10.1 Å². The van der Waals surface area contributed by atoms with E-state index in [0.29, 0.717) is 0 Å². The van der Waals surface area contributed by atoms with Gasteiger partial charge in [-0.1, -0.05) is 13.8 Å². The van der Waals surface area contributed by atoms with Crippen molar-refractivity contribution in [2.75, 3.05) is 0 Å². The van der Waals surface area contributed by atoms with E-state index in [1.54, 1.807) is 11.3 Å². The van der Waals surface area contributed by atoms with Crippen LogP contribution < -0.4 is 0 Å². The van der Waals surface area contributed by atoms with E-state index in [4.69, 9.17) is 4.98 Å². The van der Waals surface area contributed by atoms with Gasteiger partial charge in [-0.15, -0.1) is 11.3 Å². The van der Waals surface area contributed by atoms with Gasteiger partial charge in [0.15, 0.2) is 0 Å². The lowest BCUT2D eigenvalue weighted by Gasteiger charge is -2.31. The van der Waals surface area contributed by atoms with Gasteiger partial charge in [-0.05, 0) is 37.0 Å². The zero-order valence-corrected chi connectivity index (χ0v) is 10.8. The first-order valence-corrected chi connectivity index (χ1v) is 7.02. The van der Waals surface area contributed by atoms with Crippen LogP contribution in [0, 0.1) is 11.3 Å². The molecule has 0 aromatic carbocycles. The van der Waals surface area contributed by atoms with Crippen molar-refractivity contribution in [2.45, 2.75) is 52.1 Å². The third kappa shape index (κ3) is 2.03. The molecule has 1 saturated carbocycles. The normalized spacial score (nSPS) is 27.8. The molecule has 88 valence electrons. The van der Waals surface area contributed by atoms with Gasteiger partial charge in [0.1, 0.15) is 0 Å². The smallest absolute Gasteiger partial charge is 0.0934 e. The second-order valence-electron chi connectivity index (χ2n) is 6.13. The molecule has 3 rings (SSSR count). The summed E-state index contributed by atoms with van der Waals surface area (Å²) in [5.41, 5.74) is 1.38. The van der Waals surface area contributed by atoms with E-state index in [9.17, 15) is 5.11 Å². The summed E-state index contributed by atoms with van der Waals surface area (Å²) in [5.74, 6) is 0.887. The lowest BCUT2D eigenvalue weighted by atomic mass is 9.77. The quantitative estimate of drug-likeness (QED) is 0.857. The highest BCUT2D eigenvalue weighted by atomic mass is 32.1. The predicted molar refractivity (Wildman–Crippen MR) is 65.6 cm³/mol. The van der Waals surface area contributed by atoms with Crippen LogP contribution in [0.5, 0.6) is 0 Å². The average molecular weight is 237 g/mol. The summed E-state index contributed by atoms with van der Waals surface area (Å²) in [6.45, 7) is 4.44. The maximum absolute atomic E-state index is 10.1. The fourth-order valence-electron chi connectivity index (χ4n) is 2.60. The Morgan fingerprint density at radius 1 is 1.44 bits per heavy atom. The molecule has 0 aliphatic heterocycles. The molecule has 1 aromatic rings. The van der Waals surface area contributed by atoms with Crippen LogP contribution in [0.15, 0.2) is 0 Å². The minimum Gasteiger partial charge on any atom is -0.387 e. The van der Waals surface area contributed by atoms with E-state index in [1.165, 1.54) is 23.5 Å². The molecule has 1 atom stereocenters. The topological polar surface area (TPSA) is 33.1 Å². The maximum Gasteiger partial charge on any atom is 0.0934 e. The van der Waals surface area contributed by atoms with Gasteiger partial charge in [0, 0.05) is 6.42 Å². The number of thiazole rings is 1. The minimum atomic E-state index is -0.274. The third-order valence-corrected chi connectivity index (χ3v) is 4.85. The van der Waals surface area contributed by atoms with Crippen LogP contribution in [0.1, 0.15) is 54.8 Å². The fraction of sp³-hybridized carbons (Fsp3) is 0.769. The molecule has 0 saturated heterocycles. The van der Waals surface area contributed by atoms with Crippen molar-refractivity contribution in [3.05, 3.63) is 15.6 Å². The number of fused-ring (bicyclic) bond motifs is 1. The predicted octanol–water partition coefficient (Wildman–Crippen LogP) is 3.10. The van der Waals surface area contributed by atoms with Crippen LogP contribution in [0.25, 0.3) is 0 Å². The largest absolute Gasteiger partial charge is 0.387 e. The van der Waals surface area contributed by atoms with E-state index in [-0.39, 0.29) is 11.5 Å². The van der Waals surface area contributed by atoms with Gasteiger partial charge in [-0.3, -0.25) is 0 Å². The van der Waals surface area contributed by atoms with Gasteiger partial charge in [-0.25, -0.2) is 4.98 Å². The molecule has 2 aliphatic carbocycles. The molecule has 2 aliphatic rings. The van der Waals surface area contributed by atoms with Crippen LogP contribution in [0.2, 0.25) is 0 Å². The summed E-state index contributed by atoms with van der Waals surface area (Å²) in [5, 5.41) is 11.4. The molecule has 1 fully saturated rings. The number of aromatic nitrogens is 1. The Hall–Kier alpha value is -0.410. The molecular formula is C13H19NOS. The molecular weight excluding hydrogens is 218 g/mol. The molecule has 16 heavy (non-hydrogen) atoms. The fourth-order valence-corrected chi connectivity index (χ4v) is 3.78.